The molecule has 0 spiro atoms. The predicted octanol–water partition coefficient (Wildman–Crippen LogP) is 4.80. The summed E-state index contributed by atoms with van der Waals surface area (Å²) in [5.41, 5.74) is 3.30. The van der Waals surface area contributed by atoms with Gasteiger partial charge in [0, 0.05) is 23.1 Å². The second kappa shape index (κ2) is 9.28. The second-order valence-electron chi connectivity index (χ2n) is 6.36. The van der Waals surface area contributed by atoms with E-state index < -0.39 is 0 Å². The lowest BCUT2D eigenvalue weighted by Gasteiger charge is -2.07. The SMILES string of the molecule is CCC(=O)c1ccc(OCc2csc(CC(=O)Nc3ccccc3C)n2)cc1. The molecule has 0 fully saturated rings. The Kier molecular flexibility index (Phi) is 6.55. The van der Waals surface area contributed by atoms with E-state index in [-0.39, 0.29) is 18.1 Å². The van der Waals surface area contributed by atoms with Gasteiger partial charge in [-0.25, -0.2) is 4.98 Å². The van der Waals surface area contributed by atoms with Crippen LogP contribution in [0.3, 0.4) is 0 Å². The average Bonchev–Trinajstić information content (AvgIpc) is 3.15. The van der Waals surface area contributed by atoms with Crippen LogP contribution in [0.5, 0.6) is 5.75 Å². The average molecular weight is 394 g/mol. The van der Waals surface area contributed by atoms with Gasteiger partial charge in [0.2, 0.25) is 5.91 Å². The van der Waals surface area contributed by atoms with Crippen LogP contribution in [0.15, 0.2) is 53.9 Å². The van der Waals surface area contributed by atoms with E-state index in [1.165, 1.54) is 11.3 Å². The molecule has 28 heavy (non-hydrogen) atoms. The van der Waals surface area contributed by atoms with E-state index in [0.29, 0.717) is 24.3 Å². The summed E-state index contributed by atoms with van der Waals surface area (Å²) in [6, 6.07) is 14.8. The number of hydrogen-bond donors (Lipinski definition) is 1. The summed E-state index contributed by atoms with van der Waals surface area (Å²) in [5.74, 6) is 0.700. The van der Waals surface area contributed by atoms with Crippen LogP contribution in [0.4, 0.5) is 5.69 Å². The zero-order valence-corrected chi connectivity index (χ0v) is 16.7. The lowest BCUT2D eigenvalue weighted by molar-refractivity contribution is -0.115. The Morgan fingerprint density at radius 1 is 1.11 bits per heavy atom. The van der Waals surface area contributed by atoms with Crippen LogP contribution < -0.4 is 10.1 Å². The summed E-state index contributed by atoms with van der Waals surface area (Å²) in [6.45, 7) is 4.12. The zero-order chi connectivity index (χ0) is 19.9. The molecule has 3 rings (SSSR count). The van der Waals surface area contributed by atoms with Gasteiger partial charge in [-0.3, -0.25) is 9.59 Å². The van der Waals surface area contributed by atoms with Crippen LogP contribution in [0, 0.1) is 6.92 Å². The molecule has 0 atom stereocenters. The summed E-state index contributed by atoms with van der Waals surface area (Å²) >= 11 is 1.44. The van der Waals surface area contributed by atoms with Gasteiger partial charge in [-0.15, -0.1) is 11.3 Å². The number of carbonyl (C=O) groups excluding carboxylic acids is 2. The number of nitrogens with one attached hydrogen (secondary N) is 1. The van der Waals surface area contributed by atoms with Gasteiger partial charge in [-0.05, 0) is 42.8 Å². The number of Topliss-reactive ketones (excluding diaryl/α,β-unsaturated/α-hetero) is 1. The molecule has 0 unspecified atom stereocenters. The Morgan fingerprint density at radius 3 is 2.57 bits per heavy atom. The quantitative estimate of drug-likeness (QED) is 0.557. The molecule has 5 nitrogen and oxygen atoms in total. The monoisotopic (exact) mass is 394 g/mol. The molecule has 0 bridgehead atoms. The number of hydrogen-bond acceptors (Lipinski definition) is 5. The predicted molar refractivity (Wildman–Crippen MR) is 111 cm³/mol. The fraction of sp³-hybridized carbons (Fsp3) is 0.227. The topological polar surface area (TPSA) is 68.3 Å². The van der Waals surface area contributed by atoms with Crippen molar-refractivity contribution in [1.29, 1.82) is 0 Å². The summed E-state index contributed by atoms with van der Waals surface area (Å²) in [7, 11) is 0. The highest BCUT2D eigenvalue weighted by atomic mass is 32.1. The second-order valence-corrected chi connectivity index (χ2v) is 7.30. The molecule has 0 aliphatic heterocycles. The van der Waals surface area contributed by atoms with Crippen molar-refractivity contribution in [2.45, 2.75) is 33.3 Å². The molecule has 0 saturated carbocycles. The number of benzene rings is 2. The molecule has 1 N–H and O–H groups in total. The fourth-order valence-corrected chi connectivity index (χ4v) is 3.42. The molecule has 0 aliphatic carbocycles. The summed E-state index contributed by atoms with van der Waals surface area (Å²) < 4.78 is 5.72. The number of rotatable bonds is 8. The van der Waals surface area contributed by atoms with E-state index in [1.54, 1.807) is 24.3 Å². The zero-order valence-electron chi connectivity index (χ0n) is 15.9. The van der Waals surface area contributed by atoms with Gasteiger partial charge in [0.05, 0.1) is 12.1 Å². The van der Waals surface area contributed by atoms with Crippen LogP contribution in [-0.2, 0) is 17.8 Å². The maximum Gasteiger partial charge on any atom is 0.231 e. The number of aryl methyl sites for hydroxylation is 1. The Morgan fingerprint density at radius 2 is 1.86 bits per heavy atom. The van der Waals surface area contributed by atoms with Gasteiger partial charge >= 0.3 is 0 Å². The third-order valence-electron chi connectivity index (χ3n) is 4.21. The van der Waals surface area contributed by atoms with E-state index in [4.69, 9.17) is 4.74 Å². The van der Waals surface area contributed by atoms with Gasteiger partial charge in [-0.2, -0.15) is 0 Å². The summed E-state index contributed by atoms with van der Waals surface area (Å²) in [5, 5.41) is 5.55. The molecule has 1 heterocycles. The maximum atomic E-state index is 12.2. The van der Waals surface area contributed by atoms with Crippen molar-refractivity contribution in [1.82, 2.24) is 4.98 Å². The third-order valence-corrected chi connectivity index (χ3v) is 5.11. The maximum absolute atomic E-state index is 12.2. The number of thiazole rings is 1. The van der Waals surface area contributed by atoms with Crippen molar-refractivity contribution in [3.8, 4) is 5.75 Å². The highest BCUT2D eigenvalue weighted by Gasteiger charge is 2.10. The number of ketones is 1. The molecule has 0 radical (unpaired) electrons. The van der Waals surface area contributed by atoms with Gasteiger partial charge in [0.15, 0.2) is 5.78 Å². The number of aromatic nitrogens is 1. The Balaban J connectivity index is 1.52. The van der Waals surface area contributed by atoms with E-state index in [9.17, 15) is 9.59 Å². The molecule has 144 valence electrons. The minimum Gasteiger partial charge on any atom is -0.487 e. The molecular formula is C22H22N2O3S. The molecule has 1 aromatic heterocycles. The number of nitrogens with zero attached hydrogens (tertiary/aromatic N) is 1. The van der Waals surface area contributed by atoms with Crippen LogP contribution in [0.1, 0.15) is 40.0 Å². The minimum absolute atomic E-state index is 0.0905. The highest BCUT2D eigenvalue weighted by molar-refractivity contribution is 7.09. The largest absolute Gasteiger partial charge is 0.487 e. The van der Waals surface area contributed by atoms with E-state index in [1.807, 2.05) is 43.5 Å². The number of para-hydroxylation sites is 1. The highest BCUT2D eigenvalue weighted by Crippen LogP contribution is 2.18. The lowest BCUT2D eigenvalue weighted by Crippen LogP contribution is -2.15. The minimum atomic E-state index is -0.0905. The Hall–Kier alpha value is -2.99. The molecule has 6 heteroatoms. The van der Waals surface area contributed by atoms with Crippen LogP contribution in [-0.4, -0.2) is 16.7 Å². The Bertz CT molecular complexity index is 964. The molecule has 0 aliphatic rings. The third kappa shape index (κ3) is 5.27. The van der Waals surface area contributed by atoms with Crippen molar-refractivity contribution in [3.05, 3.63) is 75.7 Å². The van der Waals surface area contributed by atoms with Gasteiger partial charge in [0.25, 0.3) is 0 Å². The first-order valence-electron chi connectivity index (χ1n) is 9.10. The van der Waals surface area contributed by atoms with Gasteiger partial charge in [0.1, 0.15) is 17.4 Å². The van der Waals surface area contributed by atoms with Crippen LogP contribution in [0.2, 0.25) is 0 Å². The Labute approximate surface area is 168 Å². The number of ether oxygens (including phenoxy) is 1. The van der Waals surface area contributed by atoms with Gasteiger partial charge < -0.3 is 10.1 Å². The number of amides is 1. The smallest absolute Gasteiger partial charge is 0.231 e. The first-order valence-corrected chi connectivity index (χ1v) is 9.98. The lowest BCUT2D eigenvalue weighted by atomic mass is 10.1. The van der Waals surface area contributed by atoms with Crippen molar-refractivity contribution >= 4 is 28.7 Å². The summed E-state index contributed by atoms with van der Waals surface area (Å²) in [4.78, 5) is 28.3. The molecule has 2 aromatic carbocycles. The molecule has 0 saturated heterocycles. The molecular weight excluding hydrogens is 372 g/mol. The first-order chi connectivity index (χ1) is 13.5. The number of anilines is 1. The number of carbonyl (C=O) groups is 2. The van der Waals surface area contributed by atoms with E-state index >= 15 is 0 Å². The van der Waals surface area contributed by atoms with Crippen molar-refractivity contribution in [2.24, 2.45) is 0 Å². The fourth-order valence-electron chi connectivity index (χ4n) is 2.64. The normalized spacial score (nSPS) is 10.5. The summed E-state index contributed by atoms with van der Waals surface area (Å²) in [6.07, 6.45) is 0.714. The molecule has 3 aromatic rings. The van der Waals surface area contributed by atoms with E-state index in [0.717, 1.165) is 22.0 Å². The van der Waals surface area contributed by atoms with Gasteiger partial charge in [-0.1, -0.05) is 25.1 Å². The van der Waals surface area contributed by atoms with Crippen LogP contribution in [0.25, 0.3) is 0 Å². The van der Waals surface area contributed by atoms with Crippen LogP contribution >= 0.6 is 11.3 Å². The standard InChI is InChI=1S/C22H22N2O3S/c1-3-20(25)16-8-10-18(11-9-16)27-13-17-14-28-22(23-17)12-21(26)24-19-7-5-4-6-15(19)2/h4-11,14H,3,12-13H2,1-2H3,(H,24,26). The van der Waals surface area contributed by atoms with E-state index in [2.05, 4.69) is 10.3 Å². The van der Waals surface area contributed by atoms with Crippen molar-refractivity contribution in [2.75, 3.05) is 5.32 Å². The van der Waals surface area contributed by atoms with Crippen molar-refractivity contribution < 1.29 is 14.3 Å². The van der Waals surface area contributed by atoms with Crippen molar-refractivity contribution in [3.63, 3.8) is 0 Å². The first kappa shape index (κ1) is 19.8. The molecule has 1 amide bonds.